The van der Waals surface area contributed by atoms with E-state index in [2.05, 4.69) is 36.4 Å². The molecule has 0 N–H and O–H groups in total. The lowest BCUT2D eigenvalue weighted by Gasteiger charge is -2.05. The van der Waals surface area contributed by atoms with Crippen LogP contribution in [-0.2, 0) is 11.2 Å². The van der Waals surface area contributed by atoms with Crippen LogP contribution in [0.4, 0.5) is 0 Å². The first-order valence-electron chi connectivity index (χ1n) is 5.53. The molecule has 0 heterocycles. The Balaban J connectivity index is 2.19. The van der Waals surface area contributed by atoms with Crippen molar-refractivity contribution in [3.05, 3.63) is 53.6 Å². The number of allylic oxidation sites excluding steroid dienone is 2. The fraction of sp³-hybridized carbons (Fsp3) is 0.133. The highest BCUT2D eigenvalue weighted by Gasteiger charge is 2.14. The number of hydrogen-bond donors (Lipinski definition) is 0. The molecule has 0 amide bonds. The molecule has 2 aromatic carbocycles. The molecule has 0 aromatic heterocycles. The zero-order valence-electron chi connectivity index (χ0n) is 8.94. The van der Waals surface area contributed by atoms with Crippen LogP contribution in [0, 0.1) is 0 Å². The third-order valence-electron chi connectivity index (χ3n) is 3.19. The zero-order valence-corrected chi connectivity index (χ0v) is 8.94. The van der Waals surface area contributed by atoms with E-state index < -0.39 is 0 Å². The van der Waals surface area contributed by atoms with Gasteiger partial charge in [0, 0.05) is 6.42 Å². The lowest BCUT2D eigenvalue weighted by molar-refractivity contribution is -0.107. The van der Waals surface area contributed by atoms with E-state index >= 15 is 0 Å². The summed E-state index contributed by atoms with van der Waals surface area (Å²) in [6.07, 6.45) is 4.64. The highest BCUT2D eigenvalue weighted by molar-refractivity contribution is 5.91. The summed E-state index contributed by atoms with van der Waals surface area (Å²) in [5.41, 5.74) is 3.78. The minimum atomic E-state index is 0.533. The van der Waals surface area contributed by atoms with Crippen molar-refractivity contribution in [3.8, 4) is 0 Å². The lowest BCUT2D eigenvalue weighted by atomic mass is 9.99. The Hall–Kier alpha value is -1.89. The maximum Gasteiger partial charge on any atom is 0.124 e. The standard InChI is InChI=1S/C15H12O/c16-8-7-11-5-6-14-9-12-3-1-2-4-13(12)10-15(11)14/h1-5,8-10H,6-7H2. The Morgan fingerprint density at radius 1 is 1.12 bits per heavy atom. The molecule has 0 saturated heterocycles. The van der Waals surface area contributed by atoms with Crippen molar-refractivity contribution in [2.75, 3.05) is 0 Å². The fourth-order valence-corrected chi connectivity index (χ4v) is 2.38. The Kier molecular flexibility index (Phi) is 2.10. The van der Waals surface area contributed by atoms with Crippen molar-refractivity contribution in [1.82, 2.24) is 0 Å². The van der Waals surface area contributed by atoms with E-state index in [1.165, 1.54) is 27.5 Å². The van der Waals surface area contributed by atoms with Crippen LogP contribution in [0.2, 0.25) is 0 Å². The molecular weight excluding hydrogens is 196 g/mol. The molecule has 0 atom stereocenters. The SMILES string of the molecule is O=CCC1=CCc2cc3ccccc3cc21. The Labute approximate surface area is 94.4 Å². The van der Waals surface area contributed by atoms with E-state index in [0.717, 1.165) is 12.7 Å². The second kappa shape index (κ2) is 3.60. The van der Waals surface area contributed by atoms with Gasteiger partial charge in [0.15, 0.2) is 0 Å². The smallest absolute Gasteiger partial charge is 0.124 e. The molecule has 0 radical (unpaired) electrons. The van der Waals surface area contributed by atoms with Crippen LogP contribution in [0.3, 0.4) is 0 Å². The van der Waals surface area contributed by atoms with E-state index in [9.17, 15) is 4.79 Å². The first-order valence-corrected chi connectivity index (χ1v) is 5.53. The summed E-state index contributed by atoms with van der Waals surface area (Å²) in [7, 11) is 0. The average molecular weight is 208 g/mol. The van der Waals surface area contributed by atoms with Crippen LogP contribution in [0.1, 0.15) is 17.5 Å². The Bertz CT molecular complexity index is 593. The maximum absolute atomic E-state index is 10.6. The highest BCUT2D eigenvalue weighted by atomic mass is 16.1. The second-order valence-electron chi connectivity index (χ2n) is 4.16. The average Bonchev–Trinajstić information content (AvgIpc) is 2.70. The predicted molar refractivity (Wildman–Crippen MR) is 66.3 cm³/mol. The molecule has 0 unspecified atom stereocenters. The van der Waals surface area contributed by atoms with Crippen molar-refractivity contribution >= 4 is 22.6 Å². The minimum absolute atomic E-state index is 0.533. The van der Waals surface area contributed by atoms with Crippen molar-refractivity contribution in [2.24, 2.45) is 0 Å². The molecule has 1 aliphatic carbocycles. The van der Waals surface area contributed by atoms with Gasteiger partial charge in [0.05, 0.1) is 0 Å². The number of fused-ring (bicyclic) bond motifs is 2. The summed E-state index contributed by atoms with van der Waals surface area (Å²) in [6.45, 7) is 0. The van der Waals surface area contributed by atoms with Gasteiger partial charge in [0.2, 0.25) is 0 Å². The topological polar surface area (TPSA) is 17.1 Å². The second-order valence-corrected chi connectivity index (χ2v) is 4.16. The first kappa shape index (κ1) is 9.34. The third kappa shape index (κ3) is 1.36. The highest BCUT2D eigenvalue weighted by Crippen LogP contribution is 2.32. The molecule has 16 heavy (non-hydrogen) atoms. The molecule has 1 nitrogen and oxygen atoms in total. The number of benzene rings is 2. The minimum Gasteiger partial charge on any atom is -0.303 e. The normalized spacial score (nSPS) is 13.6. The largest absolute Gasteiger partial charge is 0.303 e. The van der Waals surface area contributed by atoms with Crippen LogP contribution in [0.25, 0.3) is 16.3 Å². The monoisotopic (exact) mass is 208 g/mol. The van der Waals surface area contributed by atoms with Crippen molar-refractivity contribution in [2.45, 2.75) is 12.8 Å². The molecular formula is C15H12O. The van der Waals surface area contributed by atoms with Crippen molar-refractivity contribution in [3.63, 3.8) is 0 Å². The van der Waals surface area contributed by atoms with Gasteiger partial charge in [-0.15, -0.1) is 0 Å². The van der Waals surface area contributed by atoms with Crippen LogP contribution >= 0.6 is 0 Å². The van der Waals surface area contributed by atoms with E-state index in [-0.39, 0.29) is 0 Å². The van der Waals surface area contributed by atoms with Gasteiger partial charge in [0.1, 0.15) is 6.29 Å². The van der Waals surface area contributed by atoms with Crippen molar-refractivity contribution in [1.29, 1.82) is 0 Å². The number of carbonyl (C=O) groups is 1. The van der Waals surface area contributed by atoms with Gasteiger partial charge < -0.3 is 4.79 Å². The fourth-order valence-electron chi connectivity index (χ4n) is 2.38. The van der Waals surface area contributed by atoms with Crippen molar-refractivity contribution < 1.29 is 4.79 Å². The third-order valence-corrected chi connectivity index (χ3v) is 3.19. The summed E-state index contributed by atoms with van der Waals surface area (Å²) in [5.74, 6) is 0. The van der Waals surface area contributed by atoms with Gasteiger partial charge in [-0.2, -0.15) is 0 Å². The molecule has 0 fully saturated rings. The quantitative estimate of drug-likeness (QED) is 0.691. The Morgan fingerprint density at radius 3 is 2.62 bits per heavy atom. The summed E-state index contributed by atoms with van der Waals surface area (Å²) >= 11 is 0. The van der Waals surface area contributed by atoms with E-state index in [1.54, 1.807) is 0 Å². The van der Waals surface area contributed by atoms with E-state index in [4.69, 9.17) is 0 Å². The molecule has 2 aromatic rings. The molecule has 0 aliphatic heterocycles. The van der Waals surface area contributed by atoms with Gasteiger partial charge in [-0.1, -0.05) is 36.4 Å². The molecule has 3 rings (SSSR count). The van der Waals surface area contributed by atoms with Gasteiger partial charge in [0.25, 0.3) is 0 Å². The number of aldehydes is 1. The Morgan fingerprint density at radius 2 is 1.88 bits per heavy atom. The number of rotatable bonds is 2. The van der Waals surface area contributed by atoms with Crippen LogP contribution in [-0.4, -0.2) is 6.29 Å². The molecule has 0 spiro atoms. The first-order chi connectivity index (χ1) is 7.88. The lowest BCUT2D eigenvalue weighted by Crippen LogP contribution is -1.86. The molecule has 0 saturated carbocycles. The maximum atomic E-state index is 10.6. The zero-order chi connectivity index (χ0) is 11.0. The summed E-state index contributed by atoms with van der Waals surface area (Å²) < 4.78 is 0. The van der Waals surface area contributed by atoms with Gasteiger partial charge >= 0.3 is 0 Å². The van der Waals surface area contributed by atoms with Crippen LogP contribution < -0.4 is 0 Å². The van der Waals surface area contributed by atoms with E-state index in [1.807, 2.05) is 6.07 Å². The molecule has 78 valence electrons. The molecule has 1 heteroatoms. The molecule has 0 bridgehead atoms. The number of hydrogen-bond acceptors (Lipinski definition) is 1. The molecule has 1 aliphatic rings. The van der Waals surface area contributed by atoms with Gasteiger partial charge in [-0.25, -0.2) is 0 Å². The van der Waals surface area contributed by atoms with Crippen LogP contribution in [0.15, 0.2) is 42.5 Å². The van der Waals surface area contributed by atoms with Gasteiger partial charge in [-0.05, 0) is 40.0 Å². The summed E-state index contributed by atoms with van der Waals surface area (Å²) in [5, 5.41) is 2.53. The summed E-state index contributed by atoms with van der Waals surface area (Å²) in [6, 6.07) is 12.8. The van der Waals surface area contributed by atoms with Crippen LogP contribution in [0.5, 0.6) is 0 Å². The summed E-state index contributed by atoms with van der Waals surface area (Å²) in [4.78, 5) is 10.6. The van der Waals surface area contributed by atoms with Gasteiger partial charge in [-0.3, -0.25) is 0 Å². The predicted octanol–water partition coefficient (Wildman–Crippen LogP) is 3.37. The van der Waals surface area contributed by atoms with E-state index in [0.29, 0.717) is 6.42 Å². The number of carbonyl (C=O) groups excluding carboxylic acids is 1.